The van der Waals surface area contributed by atoms with Crippen molar-refractivity contribution in [2.24, 2.45) is 0 Å². The zero-order valence-corrected chi connectivity index (χ0v) is 9.59. The normalized spacial score (nSPS) is 19.9. The van der Waals surface area contributed by atoms with Crippen molar-refractivity contribution in [2.45, 2.75) is 32.0 Å². The Labute approximate surface area is 100 Å². The molecule has 1 aromatic rings. The van der Waals surface area contributed by atoms with E-state index in [1.807, 2.05) is 0 Å². The molecular formula is C13H16O4. The Bertz CT molecular complexity index is 383. The summed E-state index contributed by atoms with van der Waals surface area (Å²) < 4.78 is 11.1. The molecule has 1 N–H and O–H groups in total. The lowest BCUT2D eigenvalue weighted by atomic mass is 10.1. The molecule has 4 nitrogen and oxygen atoms in total. The number of aromatic hydroxyl groups is 1. The van der Waals surface area contributed by atoms with Gasteiger partial charge < -0.3 is 19.4 Å². The van der Waals surface area contributed by atoms with Gasteiger partial charge in [-0.05, 0) is 31.0 Å². The van der Waals surface area contributed by atoms with Crippen molar-refractivity contribution in [2.75, 3.05) is 6.61 Å². The first kappa shape index (κ1) is 11.9. The van der Waals surface area contributed by atoms with Crippen molar-refractivity contribution in [1.82, 2.24) is 0 Å². The summed E-state index contributed by atoms with van der Waals surface area (Å²) in [5.74, 6) is 0.751. The molecule has 0 saturated carbocycles. The van der Waals surface area contributed by atoms with Crippen molar-refractivity contribution >= 4 is 6.29 Å². The van der Waals surface area contributed by atoms with E-state index in [-0.39, 0.29) is 18.5 Å². The van der Waals surface area contributed by atoms with Crippen molar-refractivity contribution in [3.05, 3.63) is 23.8 Å². The van der Waals surface area contributed by atoms with Gasteiger partial charge in [0.15, 0.2) is 6.29 Å². The van der Waals surface area contributed by atoms with Crippen LogP contribution in [-0.4, -0.2) is 24.3 Å². The Morgan fingerprint density at radius 1 is 1.47 bits per heavy atom. The highest BCUT2D eigenvalue weighted by atomic mass is 16.7. The minimum absolute atomic E-state index is 0.119. The van der Waals surface area contributed by atoms with E-state index >= 15 is 0 Å². The maximum absolute atomic E-state index is 10.5. The summed E-state index contributed by atoms with van der Waals surface area (Å²) in [7, 11) is 0. The van der Waals surface area contributed by atoms with E-state index in [1.54, 1.807) is 12.1 Å². The lowest BCUT2D eigenvalue weighted by Crippen LogP contribution is -2.24. The topological polar surface area (TPSA) is 55.8 Å². The Balaban J connectivity index is 2.04. The molecule has 1 aliphatic rings. The predicted molar refractivity (Wildman–Crippen MR) is 62.1 cm³/mol. The highest BCUT2D eigenvalue weighted by Gasteiger charge is 2.15. The zero-order chi connectivity index (χ0) is 12.1. The smallest absolute Gasteiger partial charge is 0.199 e. The Morgan fingerprint density at radius 3 is 3.06 bits per heavy atom. The fourth-order valence-electron chi connectivity index (χ4n) is 1.84. The van der Waals surface area contributed by atoms with Crippen LogP contribution in [0.1, 0.15) is 24.8 Å². The van der Waals surface area contributed by atoms with E-state index in [1.165, 1.54) is 6.07 Å². The maximum Gasteiger partial charge on any atom is 0.199 e. The standard InChI is InChI=1S/C13H16O4/c14-7-6-10-9-11(4-5-12(10)15)17-13-3-1-2-8-16-13/h4-5,7,9,13,15H,1-3,6,8H2. The molecule has 0 aliphatic carbocycles. The summed E-state index contributed by atoms with van der Waals surface area (Å²) in [4.78, 5) is 10.5. The number of aldehydes is 1. The van der Waals surface area contributed by atoms with Crippen molar-refractivity contribution in [1.29, 1.82) is 0 Å². The number of rotatable bonds is 4. The van der Waals surface area contributed by atoms with Gasteiger partial charge in [-0.1, -0.05) is 0 Å². The average Bonchev–Trinajstić information content (AvgIpc) is 2.35. The quantitative estimate of drug-likeness (QED) is 0.813. The van der Waals surface area contributed by atoms with Gasteiger partial charge in [-0.3, -0.25) is 0 Å². The fraction of sp³-hybridized carbons (Fsp3) is 0.462. The SMILES string of the molecule is O=CCc1cc(OC2CCCCO2)ccc1O. The van der Waals surface area contributed by atoms with E-state index < -0.39 is 0 Å². The van der Waals surface area contributed by atoms with Crippen LogP contribution in [0.5, 0.6) is 11.5 Å². The highest BCUT2D eigenvalue weighted by molar-refractivity contribution is 5.58. The summed E-state index contributed by atoms with van der Waals surface area (Å²) in [6, 6.07) is 4.90. The molecule has 0 bridgehead atoms. The molecule has 0 spiro atoms. The Morgan fingerprint density at radius 2 is 2.35 bits per heavy atom. The molecule has 1 aromatic carbocycles. The third-order valence-corrected chi connectivity index (χ3v) is 2.76. The molecule has 1 fully saturated rings. The summed E-state index contributed by atoms with van der Waals surface area (Å²) in [5, 5.41) is 9.53. The van der Waals surface area contributed by atoms with Gasteiger partial charge in [0.25, 0.3) is 0 Å². The molecule has 1 atom stereocenters. The van der Waals surface area contributed by atoms with E-state index in [0.29, 0.717) is 11.3 Å². The number of phenols is 1. The van der Waals surface area contributed by atoms with E-state index in [9.17, 15) is 9.90 Å². The molecule has 92 valence electrons. The molecule has 1 aliphatic heterocycles. The molecular weight excluding hydrogens is 220 g/mol. The first-order chi connectivity index (χ1) is 8.29. The lowest BCUT2D eigenvalue weighted by Gasteiger charge is -2.23. The van der Waals surface area contributed by atoms with Gasteiger partial charge in [-0.25, -0.2) is 0 Å². The van der Waals surface area contributed by atoms with Crippen molar-refractivity contribution in [3.8, 4) is 11.5 Å². The number of hydrogen-bond acceptors (Lipinski definition) is 4. The highest BCUT2D eigenvalue weighted by Crippen LogP contribution is 2.25. The molecule has 0 aromatic heterocycles. The second-order valence-corrected chi connectivity index (χ2v) is 4.08. The molecule has 1 heterocycles. The third-order valence-electron chi connectivity index (χ3n) is 2.76. The van der Waals surface area contributed by atoms with Crippen molar-refractivity contribution in [3.63, 3.8) is 0 Å². The van der Waals surface area contributed by atoms with Gasteiger partial charge in [0.1, 0.15) is 17.8 Å². The minimum Gasteiger partial charge on any atom is -0.508 e. The van der Waals surface area contributed by atoms with Gasteiger partial charge in [-0.15, -0.1) is 0 Å². The monoisotopic (exact) mass is 236 g/mol. The van der Waals surface area contributed by atoms with Crippen LogP contribution in [0.15, 0.2) is 18.2 Å². The van der Waals surface area contributed by atoms with Crippen LogP contribution in [0.2, 0.25) is 0 Å². The first-order valence-corrected chi connectivity index (χ1v) is 5.83. The van der Waals surface area contributed by atoms with Gasteiger partial charge in [0.05, 0.1) is 6.61 Å². The molecule has 0 radical (unpaired) electrons. The second kappa shape index (κ2) is 5.68. The van der Waals surface area contributed by atoms with E-state index in [4.69, 9.17) is 9.47 Å². The maximum atomic E-state index is 10.5. The lowest BCUT2D eigenvalue weighted by molar-refractivity contribution is -0.107. The van der Waals surface area contributed by atoms with Crippen LogP contribution in [-0.2, 0) is 16.0 Å². The summed E-state index contributed by atoms with van der Waals surface area (Å²) >= 11 is 0. The number of benzene rings is 1. The Hall–Kier alpha value is -1.55. The van der Waals surface area contributed by atoms with E-state index in [2.05, 4.69) is 0 Å². The number of carbonyl (C=O) groups is 1. The number of hydrogen-bond donors (Lipinski definition) is 1. The molecule has 1 saturated heterocycles. The van der Waals surface area contributed by atoms with Crippen LogP contribution in [0.3, 0.4) is 0 Å². The fourth-order valence-corrected chi connectivity index (χ4v) is 1.84. The average molecular weight is 236 g/mol. The van der Waals surface area contributed by atoms with Crippen LogP contribution < -0.4 is 4.74 Å². The second-order valence-electron chi connectivity index (χ2n) is 4.08. The Kier molecular flexibility index (Phi) is 3.98. The van der Waals surface area contributed by atoms with Crippen LogP contribution in [0.25, 0.3) is 0 Å². The molecule has 17 heavy (non-hydrogen) atoms. The van der Waals surface area contributed by atoms with Crippen LogP contribution in [0.4, 0.5) is 0 Å². The number of carbonyl (C=O) groups excluding carboxylic acids is 1. The van der Waals surface area contributed by atoms with Crippen LogP contribution in [0, 0.1) is 0 Å². The van der Waals surface area contributed by atoms with E-state index in [0.717, 1.165) is 32.2 Å². The van der Waals surface area contributed by atoms with Gasteiger partial charge in [0.2, 0.25) is 0 Å². The summed E-state index contributed by atoms with van der Waals surface area (Å²) in [5.41, 5.74) is 0.577. The third kappa shape index (κ3) is 3.20. The van der Waals surface area contributed by atoms with Gasteiger partial charge in [-0.2, -0.15) is 0 Å². The zero-order valence-electron chi connectivity index (χ0n) is 9.59. The predicted octanol–water partition coefficient (Wildman–Crippen LogP) is 2.04. The first-order valence-electron chi connectivity index (χ1n) is 5.83. The molecule has 2 rings (SSSR count). The summed E-state index contributed by atoms with van der Waals surface area (Å²) in [6.45, 7) is 0.726. The minimum atomic E-state index is -0.211. The summed E-state index contributed by atoms with van der Waals surface area (Å²) in [6.07, 6.45) is 3.79. The number of ether oxygens (including phenoxy) is 2. The van der Waals surface area contributed by atoms with Crippen molar-refractivity contribution < 1.29 is 19.4 Å². The number of phenolic OH excluding ortho intramolecular Hbond substituents is 1. The molecule has 1 unspecified atom stereocenters. The molecule has 4 heteroatoms. The van der Waals surface area contributed by atoms with Gasteiger partial charge >= 0.3 is 0 Å². The van der Waals surface area contributed by atoms with Gasteiger partial charge in [0, 0.05) is 18.4 Å². The molecule has 0 amide bonds. The van der Waals surface area contributed by atoms with Crippen LogP contribution >= 0.6 is 0 Å². The largest absolute Gasteiger partial charge is 0.508 e.